The molecule has 146 valence electrons. The molecule has 2 aromatic rings. The summed E-state index contributed by atoms with van der Waals surface area (Å²) in [6.45, 7) is 4.06. The Morgan fingerprint density at radius 2 is 1.93 bits per heavy atom. The van der Waals surface area contributed by atoms with Gasteiger partial charge in [-0.3, -0.25) is 4.90 Å². The Morgan fingerprint density at radius 3 is 2.59 bits per heavy atom. The number of benzene rings is 2. The van der Waals surface area contributed by atoms with Crippen LogP contribution in [0.5, 0.6) is 5.75 Å². The average Bonchev–Trinajstić information content (AvgIpc) is 3.16. The van der Waals surface area contributed by atoms with Crippen LogP contribution in [0.4, 0.5) is 0 Å². The van der Waals surface area contributed by atoms with E-state index in [9.17, 15) is 8.42 Å². The number of methoxy groups -OCH3 is 1. The zero-order valence-electron chi connectivity index (χ0n) is 15.6. The van der Waals surface area contributed by atoms with Crippen LogP contribution < -0.4 is 9.46 Å². The van der Waals surface area contributed by atoms with Crippen LogP contribution in [0.25, 0.3) is 0 Å². The van der Waals surface area contributed by atoms with Crippen LogP contribution in [-0.4, -0.2) is 40.1 Å². The summed E-state index contributed by atoms with van der Waals surface area (Å²) < 4.78 is 33.7. The lowest BCUT2D eigenvalue weighted by molar-refractivity contribution is 0.246. The molecule has 0 saturated carbocycles. The summed E-state index contributed by atoms with van der Waals surface area (Å²) in [6.07, 6.45) is 2.24. The quantitative estimate of drug-likeness (QED) is 0.757. The molecular weight excluding hydrogens is 384 g/mol. The maximum Gasteiger partial charge on any atom is 0.242 e. The molecule has 0 amide bonds. The van der Waals surface area contributed by atoms with Crippen molar-refractivity contribution in [1.82, 2.24) is 9.62 Å². The Morgan fingerprint density at radius 1 is 1.19 bits per heavy atom. The fourth-order valence-electron chi connectivity index (χ4n) is 3.45. The first kappa shape index (κ1) is 20.1. The minimum absolute atomic E-state index is 0.0541. The highest BCUT2D eigenvalue weighted by Crippen LogP contribution is 2.28. The average molecular weight is 409 g/mol. The van der Waals surface area contributed by atoms with E-state index < -0.39 is 10.0 Å². The van der Waals surface area contributed by atoms with Gasteiger partial charge < -0.3 is 4.74 Å². The third kappa shape index (κ3) is 4.82. The largest absolute Gasteiger partial charge is 0.497 e. The predicted octanol–water partition coefficient (Wildman–Crippen LogP) is 3.77. The van der Waals surface area contributed by atoms with Gasteiger partial charge in [0, 0.05) is 12.6 Å². The molecule has 0 spiro atoms. The first-order chi connectivity index (χ1) is 12.9. The van der Waals surface area contributed by atoms with Gasteiger partial charge in [0.05, 0.1) is 12.1 Å². The van der Waals surface area contributed by atoms with Crippen molar-refractivity contribution >= 4 is 21.6 Å². The Kier molecular flexibility index (Phi) is 6.42. The number of hydrogen-bond donors (Lipinski definition) is 1. The summed E-state index contributed by atoms with van der Waals surface area (Å²) in [5.74, 6) is 0.765. The molecule has 1 heterocycles. The molecule has 0 aliphatic carbocycles. The highest BCUT2D eigenvalue weighted by molar-refractivity contribution is 7.89. The van der Waals surface area contributed by atoms with Crippen molar-refractivity contribution < 1.29 is 13.2 Å². The first-order valence-electron chi connectivity index (χ1n) is 9.04. The topological polar surface area (TPSA) is 58.6 Å². The van der Waals surface area contributed by atoms with E-state index in [2.05, 4.69) is 9.62 Å². The zero-order valence-corrected chi connectivity index (χ0v) is 17.2. The lowest BCUT2D eigenvalue weighted by atomic mass is 10.1. The minimum atomic E-state index is -3.70. The van der Waals surface area contributed by atoms with Gasteiger partial charge in [0.1, 0.15) is 10.6 Å². The molecule has 0 aromatic heterocycles. The molecule has 1 unspecified atom stereocenters. The fraction of sp³-hybridized carbons (Fsp3) is 0.400. The molecule has 27 heavy (non-hydrogen) atoms. The van der Waals surface area contributed by atoms with Crippen molar-refractivity contribution in [1.29, 1.82) is 0 Å². The number of sulfonamides is 1. The van der Waals surface area contributed by atoms with Crippen LogP contribution in [0.3, 0.4) is 0 Å². The lowest BCUT2D eigenvalue weighted by Crippen LogP contribution is -2.36. The molecule has 1 N–H and O–H groups in total. The number of nitrogens with zero attached hydrogens (tertiary/aromatic N) is 1. The third-order valence-corrected chi connectivity index (χ3v) is 6.81. The summed E-state index contributed by atoms with van der Waals surface area (Å²) in [5.41, 5.74) is 1.96. The normalized spacial score (nSPS) is 16.4. The first-order valence-corrected chi connectivity index (χ1v) is 10.9. The van der Waals surface area contributed by atoms with Crippen molar-refractivity contribution in [2.24, 2.45) is 0 Å². The van der Waals surface area contributed by atoms with Gasteiger partial charge in [-0.1, -0.05) is 29.8 Å². The van der Waals surface area contributed by atoms with Gasteiger partial charge in [-0.15, -0.1) is 0 Å². The fourth-order valence-corrected chi connectivity index (χ4v) is 5.09. The summed E-state index contributed by atoms with van der Waals surface area (Å²) in [6, 6.07) is 12.7. The van der Waals surface area contributed by atoms with Gasteiger partial charge in [-0.25, -0.2) is 13.1 Å². The standard InChI is InChI=1S/C20H25ClN2O3S/c1-15-8-9-20(18(21)12-15)27(24,25)22-14-19(23-10-3-4-11-23)16-6-5-7-17(13-16)26-2/h5-9,12-13,19,22H,3-4,10-11,14H2,1-2H3. The Hall–Kier alpha value is -1.60. The van der Waals surface area contributed by atoms with E-state index in [1.165, 1.54) is 0 Å². The molecule has 2 aromatic carbocycles. The van der Waals surface area contributed by atoms with E-state index in [1.54, 1.807) is 25.3 Å². The lowest BCUT2D eigenvalue weighted by Gasteiger charge is -2.28. The van der Waals surface area contributed by atoms with E-state index >= 15 is 0 Å². The molecule has 7 heteroatoms. The van der Waals surface area contributed by atoms with Gasteiger partial charge >= 0.3 is 0 Å². The van der Waals surface area contributed by atoms with Gasteiger partial charge in [0.2, 0.25) is 10.0 Å². The minimum Gasteiger partial charge on any atom is -0.497 e. The monoisotopic (exact) mass is 408 g/mol. The third-order valence-electron chi connectivity index (χ3n) is 4.90. The van der Waals surface area contributed by atoms with Gasteiger partial charge in [-0.2, -0.15) is 0 Å². The predicted molar refractivity (Wildman–Crippen MR) is 108 cm³/mol. The van der Waals surface area contributed by atoms with E-state index in [0.29, 0.717) is 0 Å². The Balaban J connectivity index is 1.83. The van der Waals surface area contributed by atoms with Crippen molar-refractivity contribution in [2.75, 3.05) is 26.7 Å². The number of likely N-dealkylation sites (tertiary alicyclic amines) is 1. The molecule has 0 radical (unpaired) electrons. The van der Waals surface area contributed by atoms with Crippen molar-refractivity contribution in [3.8, 4) is 5.75 Å². The molecule has 1 saturated heterocycles. The Labute approximate surface area is 166 Å². The molecule has 1 fully saturated rings. The van der Waals surface area contributed by atoms with E-state index in [1.807, 2.05) is 31.2 Å². The maximum atomic E-state index is 12.8. The molecule has 0 bridgehead atoms. The number of nitrogens with one attached hydrogen (secondary N) is 1. The molecule has 1 aliphatic rings. The number of halogens is 1. The summed E-state index contributed by atoms with van der Waals surface area (Å²) >= 11 is 6.17. The smallest absolute Gasteiger partial charge is 0.242 e. The molecule has 3 rings (SSSR count). The number of rotatable bonds is 7. The van der Waals surface area contributed by atoms with Crippen molar-refractivity contribution in [3.63, 3.8) is 0 Å². The highest BCUT2D eigenvalue weighted by Gasteiger charge is 2.26. The van der Waals surface area contributed by atoms with Gasteiger partial charge in [0.25, 0.3) is 0 Å². The zero-order chi connectivity index (χ0) is 19.4. The van der Waals surface area contributed by atoms with E-state index in [-0.39, 0.29) is 22.5 Å². The van der Waals surface area contributed by atoms with Crippen LogP contribution in [0.15, 0.2) is 47.4 Å². The SMILES string of the molecule is COc1cccc(C(CNS(=O)(=O)c2ccc(C)cc2Cl)N2CCCC2)c1. The van der Waals surface area contributed by atoms with Gasteiger partial charge in [-0.05, 0) is 68.2 Å². The molecular formula is C20H25ClN2O3S. The Bertz CT molecular complexity index is 896. The molecule has 5 nitrogen and oxygen atoms in total. The van der Waals surface area contributed by atoms with E-state index in [0.717, 1.165) is 42.8 Å². The van der Waals surface area contributed by atoms with Crippen LogP contribution in [0.1, 0.15) is 30.0 Å². The second-order valence-corrected chi connectivity index (χ2v) is 8.96. The number of aryl methyl sites for hydroxylation is 1. The number of hydrogen-bond acceptors (Lipinski definition) is 4. The maximum absolute atomic E-state index is 12.8. The van der Waals surface area contributed by atoms with Crippen LogP contribution in [0, 0.1) is 6.92 Å². The molecule has 1 aliphatic heterocycles. The second-order valence-electron chi connectivity index (χ2n) is 6.82. The highest BCUT2D eigenvalue weighted by atomic mass is 35.5. The van der Waals surface area contributed by atoms with Crippen LogP contribution in [-0.2, 0) is 10.0 Å². The van der Waals surface area contributed by atoms with Crippen molar-refractivity contribution in [2.45, 2.75) is 30.7 Å². The summed E-state index contributed by atoms with van der Waals surface area (Å²) in [5, 5.41) is 0.238. The van der Waals surface area contributed by atoms with Crippen LogP contribution in [0.2, 0.25) is 5.02 Å². The summed E-state index contributed by atoms with van der Waals surface area (Å²) in [4.78, 5) is 2.43. The summed E-state index contributed by atoms with van der Waals surface area (Å²) in [7, 11) is -2.06. The van der Waals surface area contributed by atoms with Crippen molar-refractivity contribution in [3.05, 3.63) is 58.6 Å². The number of ether oxygens (including phenoxy) is 1. The van der Waals surface area contributed by atoms with E-state index in [4.69, 9.17) is 16.3 Å². The second kappa shape index (κ2) is 8.61. The van der Waals surface area contributed by atoms with Gasteiger partial charge in [0.15, 0.2) is 0 Å². The van der Waals surface area contributed by atoms with Crippen LogP contribution >= 0.6 is 11.6 Å². The molecule has 1 atom stereocenters.